The summed E-state index contributed by atoms with van der Waals surface area (Å²) in [5, 5.41) is 0.608. The second kappa shape index (κ2) is 6.64. The summed E-state index contributed by atoms with van der Waals surface area (Å²) in [4.78, 5) is 12.7. The topological polar surface area (TPSA) is 17.1 Å². The second-order valence-electron chi connectivity index (χ2n) is 5.23. The Bertz CT molecular complexity index is 849. The van der Waals surface area contributed by atoms with Gasteiger partial charge in [-0.25, -0.2) is 0 Å². The van der Waals surface area contributed by atoms with Gasteiger partial charge in [0, 0.05) is 16.2 Å². The molecule has 0 aliphatic rings. The molecule has 0 unspecified atom stereocenters. The minimum atomic E-state index is -0.0925. The number of halogens is 1. The molecule has 0 radical (unpaired) electrons. The molecule has 0 atom stereocenters. The molecule has 3 aromatic rings. The maximum absolute atomic E-state index is 12.7. The van der Waals surface area contributed by atoms with Crippen LogP contribution in [0.2, 0.25) is 5.02 Å². The molecule has 0 amide bonds. The fraction of sp³-hybridized carbons (Fsp3) is 0. The first-order chi connectivity index (χ1) is 11.2. The molecule has 0 bridgehead atoms. The van der Waals surface area contributed by atoms with E-state index in [0.717, 1.165) is 16.7 Å². The predicted molar refractivity (Wildman–Crippen MR) is 96.7 cm³/mol. The molecule has 2 heteroatoms. The number of carbonyl (C=O) groups excluding carboxylic acids is 1. The van der Waals surface area contributed by atoms with Gasteiger partial charge in [0.05, 0.1) is 0 Å². The van der Waals surface area contributed by atoms with Crippen molar-refractivity contribution in [1.29, 1.82) is 0 Å². The van der Waals surface area contributed by atoms with Crippen LogP contribution >= 0.6 is 11.6 Å². The minimum absolute atomic E-state index is 0.0925. The molecule has 0 aliphatic heterocycles. The molecule has 1 nitrogen and oxygen atoms in total. The number of hydrogen-bond acceptors (Lipinski definition) is 1. The molecule has 0 aliphatic carbocycles. The highest BCUT2D eigenvalue weighted by Gasteiger charge is 2.15. The first-order valence-electron chi connectivity index (χ1n) is 7.31. The highest BCUT2D eigenvalue weighted by Crippen LogP contribution is 2.30. The molecule has 0 spiro atoms. The normalized spacial score (nSPS) is 10.3. The number of ketones is 1. The van der Waals surface area contributed by atoms with Crippen LogP contribution in [-0.2, 0) is 0 Å². The molecule has 0 fully saturated rings. The van der Waals surface area contributed by atoms with Crippen LogP contribution in [0.3, 0.4) is 0 Å². The molecule has 0 heterocycles. The smallest absolute Gasteiger partial charge is 0.193 e. The van der Waals surface area contributed by atoms with Crippen LogP contribution in [0.15, 0.2) is 85.4 Å². The van der Waals surface area contributed by atoms with Crippen LogP contribution < -0.4 is 0 Å². The average Bonchev–Trinajstić information content (AvgIpc) is 2.62. The standard InChI is InChI=1S/C21H15ClO/c1-15(21(23)17-11-13-18(22)14-12-17)19-9-5-6-10-20(19)16-7-3-2-4-8-16/h2-14H,1H2. The molecule has 3 aromatic carbocycles. The molecular weight excluding hydrogens is 304 g/mol. The molecule has 23 heavy (non-hydrogen) atoms. The second-order valence-corrected chi connectivity index (χ2v) is 5.66. The molecule has 0 aromatic heterocycles. The van der Waals surface area contributed by atoms with E-state index in [4.69, 9.17) is 11.6 Å². The lowest BCUT2D eigenvalue weighted by molar-refractivity contribution is 0.105. The maximum atomic E-state index is 12.7. The summed E-state index contributed by atoms with van der Waals surface area (Å²) < 4.78 is 0. The first-order valence-corrected chi connectivity index (χ1v) is 7.68. The van der Waals surface area contributed by atoms with Crippen molar-refractivity contribution in [2.45, 2.75) is 0 Å². The Labute approximate surface area is 140 Å². The highest BCUT2D eigenvalue weighted by atomic mass is 35.5. The molecule has 0 saturated carbocycles. The van der Waals surface area contributed by atoms with Crippen LogP contribution in [0.4, 0.5) is 0 Å². The van der Waals surface area contributed by atoms with Crippen molar-refractivity contribution in [3.05, 3.63) is 102 Å². The predicted octanol–water partition coefficient (Wildman–Crippen LogP) is 5.90. The Morgan fingerprint density at radius 1 is 0.783 bits per heavy atom. The van der Waals surface area contributed by atoms with Gasteiger partial charge in [-0.1, -0.05) is 72.8 Å². The molecule has 0 saturated heterocycles. The Kier molecular flexibility index (Phi) is 4.40. The third-order valence-corrected chi connectivity index (χ3v) is 3.97. The highest BCUT2D eigenvalue weighted by molar-refractivity contribution is 6.32. The van der Waals surface area contributed by atoms with Crippen molar-refractivity contribution < 1.29 is 4.79 Å². The summed E-state index contributed by atoms with van der Waals surface area (Å²) in [6, 6.07) is 24.7. The largest absolute Gasteiger partial charge is 0.289 e. The third-order valence-electron chi connectivity index (χ3n) is 3.72. The summed E-state index contributed by atoms with van der Waals surface area (Å²) in [6.45, 7) is 4.03. The number of carbonyl (C=O) groups is 1. The Balaban J connectivity index is 2.00. The van der Waals surface area contributed by atoms with E-state index >= 15 is 0 Å². The number of Topliss-reactive ketones (excluding diaryl/α,β-unsaturated/α-hetero) is 1. The summed E-state index contributed by atoms with van der Waals surface area (Å²) in [6.07, 6.45) is 0. The first kappa shape index (κ1) is 15.3. The lowest BCUT2D eigenvalue weighted by atomic mass is 9.91. The van der Waals surface area contributed by atoms with Crippen molar-refractivity contribution in [2.75, 3.05) is 0 Å². The van der Waals surface area contributed by atoms with Crippen molar-refractivity contribution in [1.82, 2.24) is 0 Å². The maximum Gasteiger partial charge on any atom is 0.193 e. The number of benzene rings is 3. The Morgan fingerprint density at radius 3 is 2.09 bits per heavy atom. The summed E-state index contributed by atoms with van der Waals surface area (Å²) >= 11 is 5.88. The van der Waals surface area contributed by atoms with Crippen LogP contribution in [0, 0.1) is 0 Å². The zero-order chi connectivity index (χ0) is 16.2. The molecule has 0 N–H and O–H groups in total. The quantitative estimate of drug-likeness (QED) is 0.432. The Morgan fingerprint density at radius 2 is 1.39 bits per heavy atom. The van der Waals surface area contributed by atoms with E-state index in [-0.39, 0.29) is 5.78 Å². The fourth-order valence-corrected chi connectivity index (χ4v) is 2.64. The van der Waals surface area contributed by atoms with Crippen LogP contribution in [0.1, 0.15) is 15.9 Å². The molecule has 112 valence electrons. The summed E-state index contributed by atoms with van der Waals surface area (Å²) in [5.74, 6) is -0.0925. The van der Waals surface area contributed by atoms with E-state index in [1.54, 1.807) is 24.3 Å². The number of hydrogen-bond donors (Lipinski definition) is 0. The van der Waals surface area contributed by atoms with E-state index in [1.165, 1.54) is 0 Å². The van der Waals surface area contributed by atoms with Gasteiger partial charge in [0.15, 0.2) is 5.78 Å². The van der Waals surface area contributed by atoms with Gasteiger partial charge in [0.2, 0.25) is 0 Å². The zero-order valence-electron chi connectivity index (χ0n) is 12.5. The van der Waals surface area contributed by atoms with Gasteiger partial charge < -0.3 is 0 Å². The van der Waals surface area contributed by atoms with Gasteiger partial charge >= 0.3 is 0 Å². The van der Waals surface area contributed by atoms with Crippen molar-refractivity contribution in [3.8, 4) is 11.1 Å². The van der Waals surface area contributed by atoms with Gasteiger partial charge in [-0.2, -0.15) is 0 Å². The van der Waals surface area contributed by atoms with E-state index < -0.39 is 0 Å². The van der Waals surface area contributed by atoms with Gasteiger partial charge in [-0.15, -0.1) is 0 Å². The summed E-state index contributed by atoms with van der Waals surface area (Å²) in [5.41, 5.74) is 3.97. The Hall–Kier alpha value is -2.64. The third kappa shape index (κ3) is 3.25. The van der Waals surface area contributed by atoms with Gasteiger partial charge in [-0.05, 0) is 41.0 Å². The van der Waals surface area contributed by atoms with Gasteiger partial charge in [-0.3, -0.25) is 4.79 Å². The van der Waals surface area contributed by atoms with Gasteiger partial charge in [0.25, 0.3) is 0 Å². The minimum Gasteiger partial charge on any atom is -0.289 e. The lowest BCUT2D eigenvalue weighted by Crippen LogP contribution is -2.02. The van der Waals surface area contributed by atoms with Crippen molar-refractivity contribution in [3.63, 3.8) is 0 Å². The fourth-order valence-electron chi connectivity index (χ4n) is 2.51. The van der Waals surface area contributed by atoms with Crippen molar-refractivity contribution in [2.24, 2.45) is 0 Å². The van der Waals surface area contributed by atoms with Crippen LogP contribution in [0.25, 0.3) is 16.7 Å². The van der Waals surface area contributed by atoms with Crippen LogP contribution in [-0.4, -0.2) is 5.78 Å². The lowest BCUT2D eigenvalue weighted by Gasteiger charge is -2.12. The van der Waals surface area contributed by atoms with Crippen LogP contribution in [0.5, 0.6) is 0 Å². The molecular formula is C21H15ClO. The average molecular weight is 319 g/mol. The van der Waals surface area contributed by atoms with Gasteiger partial charge in [0.1, 0.15) is 0 Å². The van der Waals surface area contributed by atoms with E-state index in [1.807, 2.05) is 54.6 Å². The molecule has 3 rings (SSSR count). The van der Waals surface area contributed by atoms with Crippen molar-refractivity contribution >= 4 is 23.0 Å². The number of rotatable bonds is 4. The number of allylic oxidation sites excluding steroid dienone is 1. The van der Waals surface area contributed by atoms with E-state index in [0.29, 0.717) is 16.2 Å². The van der Waals surface area contributed by atoms with E-state index in [2.05, 4.69) is 6.58 Å². The SMILES string of the molecule is C=C(C(=O)c1ccc(Cl)cc1)c1ccccc1-c1ccccc1. The van der Waals surface area contributed by atoms with E-state index in [9.17, 15) is 4.79 Å². The zero-order valence-corrected chi connectivity index (χ0v) is 13.3. The monoisotopic (exact) mass is 318 g/mol. The summed E-state index contributed by atoms with van der Waals surface area (Å²) in [7, 11) is 0.